The number of hydrogen-bond acceptors (Lipinski definition) is 2. The number of halogens is 2. The Morgan fingerprint density at radius 2 is 2.00 bits per heavy atom. The van der Waals surface area contributed by atoms with Crippen LogP contribution in [0.3, 0.4) is 0 Å². The monoisotopic (exact) mass is 268 g/mol. The summed E-state index contributed by atoms with van der Waals surface area (Å²) >= 11 is 9.31. The molecule has 0 bridgehead atoms. The number of rotatable bonds is 1. The number of hydrogen-bond donors (Lipinski definition) is 0. The van der Waals surface area contributed by atoms with E-state index < -0.39 is 0 Å². The molecule has 14 heavy (non-hydrogen) atoms. The Morgan fingerprint density at radius 1 is 1.14 bits per heavy atom. The molecule has 2 aromatic rings. The molecule has 0 fully saturated rings. The lowest BCUT2D eigenvalue weighted by Crippen LogP contribution is -1.85. The summed E-state index contributed by atoms with van der Waals surface area (Å²) in [5, 5.41) is 0.644. The van der Waals surface area contributed by atoms with Crippen LogP contribution in [-0.4, -0.2) is 9.97 Å². The molecule has 0 radical (unpaired) electrons. The number of nitrogens with zero attached hydrogens (tertiary/aromatic N) is 2. The highest BCUT2D eigenvalue weighted by molar-refractivity contribution is 9.10. The number of pyridine rings is 2. The molecule has 70 valence electrons. The maximum atomic E-state index is 6.01. The first-order chi connectivity index (χ1) is 6.77. The van der Waals surface area contributed by atoms with Gasteiger partial charge in [0.2, 0.25) is 0 Å². The molecule has 0 aliphatic heterocycles. The molecule has 0 aliphatic carbocycles. The van der Waals surface area contributed by atoms with Crippen LogP contribution in [-0.2, 0) is 0 Å². The largest absolute Gasteiger partial charge is 0.255 e. The summed E-state index contributed by atoms with van der Waals surface area (Å²) < 4.78 is 0.775. The minimum absolute atomic E-state index is 0.644. The molecule has 4 heteroatoms. The maximum Gasteiger partial charge on any atom is 0.106 e. The van der Waals surface area contributed by atoms with Crippen LogP contribution in [0, 0.1) is 0 Å². The van der Waals surface area contributed by atoms with E-state index in [0.29, 0.717) is 5.02 Å². The van der Waals surface area contributed by atoms with Crippen molar-refractivity contribution in [3.63, 3.8) is 0 Å². The Morgan fingerprint density at radius 3 is 2.71 bits per heavy atom. The van der Waals surface area contributed by atoms with Crippen LogP contribution in [0.25, 0.3) is 11.3 Å². The SMILES string of the molecule is Clc1cccnc1-c1ccnc(Br)c1. The third kappa shape index (κ3) is 1.94. The van der Waals surface area contributed by atoms with Crippen molar-refractivity contribution in [1.29, 1.82) is 0 Å². The maximum absolute atomic E-state index is 6.01. The molecular formula is C10H6BrClN2. The zero-order chi connectivity index (χ0) is 9.97. The van der Waals surface area contributed by atoms with E-state index in [1.54, 1.807) is 12.4 Å². The van der Waals surface area contributed by atoms with Gasteiger partial charge in [-0.25, -0.2) is 4.98 Å². The molecule has 0 atom stereocenters. The van der Waals surface area contributed by atoms with E-state index in [2.05, 4.69) is 25.9 Å². The quantitative estimate of drug-likeness (QED) is 0.740. The Bertz CT molecular complexity index is 459. The van der Waals surface area contributed by atoms with Gasteiger partial charge >= 0.3 is 0 Å². The van der Waals surface area contributed by atoms with Crippen LogP contribution in [0.15, 0.2) is 41.3 Å². The van der Waals surface area contributed by atoms with Crippen LogP contribution in [0.5, 0.6) is 0 Å². The van der Waals surface area contributed by atoms with Gasteiger partial charge in [-0.1, -0.05) is 11.6 Å². The van der Waals surface area contributed by atoms with Crippen molar-refractivity contribution in [2.24, 2.45) is 0 Å². The lowest BCUT2D eigenvalue weighted by Gasteiger charge is -2.02. The van der Waals surface area contributed by atoms with Crippen molar-refractivity contribution in [1.82, 2.24) is 9.97 Å². The van der Waals surface area contributed by atoms with Gasteiger partial charge in [0.1, 0.15) is 4.60 Å². The summed E-state index contributed by atoms with van der Waals surface area (Å²) in [6, 6.07) is 7.38. The van der Waals surface area contributed by atoms with Gasteiger partial charge in [0.15, 0.2) is 0 Å². The van der Waals surface area contributed by atoms with Gasteiger partial charge in [-0.3, -0.25) is 4.98 Å². The van der Waals surface area contributed by atoms with Crippen molar-refractivity contribution in [2.45, 2.75) is 0 Å². The van der Waals surface area contributed by atoms with Crippen molar-refractivity contribution in [3.8, 4) is 11.3 Å². The molecule has 0 saturated heterocycles. The van der Waals surface area contributed by atoms with E-state index in [1.807, 2.05) is 24.3 Å². The predicted octanol–water partition coefficient (Wildman–Crippen LogP) is 3.56. The minimum Gasteiger partial charge on any atom is -0.255 e. The fourth-order valence-electron chi connectivity index (χ4n) is 1.15. The molecule has 0 amide bonds. The fourth-order valence-corrected chi connectivity index (χ4v) is 1.74. The lowest BCUT2D eigenvalue weighted by molar-refractivity contribution is 1.26. The molecule has 0 aromatic carbocycles. The predicted molar refractivity (Wildman–Crippen MR) is 60.2 cm³/mol. The van der Waals surface area contributed by atoms with Crippen LogP contribution >= 0.6 is 27.5 Å². The normalized spacial score (nSPS) is 10.1. The topological polar surface area (TPSA) is 25.8 Å². The first-order valence-electron chi connectivity index (χ1n) is 4.00. The van der Waals surface area contributed by atoms with Crippen molar-refractivity contribution in [3.05, 3.63) is 46.3 Å². The van der Waals surface area contributed by atoms with E-state index in [4.69, 9.17) is 11.6 Å². The third-order valence-corrected chi connectivity index (χ3v) is 2.50. The molecular weight excluding hydrogens is 263 g/mol. The van der Waals surface area contributed by atoms with Crippen LogP contribution < -0.4 is 0 Å². The zero-order valence-corrected chi connectivity index (χ0v) is 9.46. The van der Waals surface area contributed by atoms with Crippen molar-refractivity contribution in [2.75, 3.05) is 0 Å². The summed E-state index contributed by atoms with van der Waals surface area (Å²) in [5.74, 6) is 0. The molecule has 2 aromatic heterocycles. The zero-order valence-electron chi connectivity index (χ0n) is 7.11. The summed E-state index contributed by atoms with van der Waals surface area (Å²) in [6.45, 7) is 0. The summed E-state index contributed by atoms with van der Waals surface area (Å²) in [6.07, 6.45) is 3.43. The summed E-state index contributed by atoms with van der Waals surface area (Å²) in [4.78, 5) is 8.25. The van der Waals surface area contributed by atoms with Crippen LogP contribution in [0.2, 0.25) is 5.02 Å². The van der Waals surface area contributed by atoms with E-state index in [-0.39, 0.29) is 0 Å². The van der Waals surface area contributed by atoms with Gasteiger partial charge in [-0.15, -0.1) is 0 Å². The average Bonchev–Trinajstić information content (AvgIpc) is 2.18. The highest BCUT2D eigenvalue weighted by Gasteiger charge is 2.04. The molecule has 0 N–H and O–H groups in total. The smallest absolute Gasteiger partial charge is 0.106 e. The Labute approximate surface area is 95.1 Å². The van der Waals surface area contributed by atoms with E-state index in [1.165, 1.54) is 0 Å². The molecule has 2 rings (SSSR count). The average molecular weight is 270 g/mol. The lowest BCUT2D eigenvalue weighted by atomic mass is 10.2. The highest BCUT2D eigenvalue weighted by Crippen LogP contribution is 2.25. The third-order valence-electron chi connectivity index (χ3n) is 1.76. The minimum atomic E-state index is 0.644. The van der Waals surface area contributed by atoms with Gasteiger partial charge in [0.05, 0.1) is 10.7 Å². The highest BCUT2D eigenvalue weighted by atomic mass is 79.9. The molecule has 0 unspecified atom stereocenters. The van der Waals surface area contributed by atoms with Gasteiger partial charge in [-0.05, 0) is 40.2 Å². The molecule has 0 saturated carbocycles. The van der Waals surface area contributed by atoms with Crippen molar-refractivity contribution < 1.29 is 0 Å². The summed E-state index contributed by atoms with van der Waals surface area (Å²) in [5.41, 5.74) is 1.73. The Hall–Kier alpha value is -0.930. The molecule has 2 nitrogen and oxygen atoms in total. The van der Waals surface area contributed by atoms with E-state index in [9.17, 15) is 0 Å². The second-order valence-electron chi connectivity index (χ2n) is 2.70. The second kappa shape index (κ2) is 4.07. The summed E-state index contributed by atoms with van der Waals surface area (Å²) in [7, 11) is 0. The second-order valence-corrected chi connectivity index (χ2v) is 3.92. The standard InChI is InChI=1S/C10H6BrClN2/c11-9-6-7(3-5-13-9)10-8(12)2-1-4-14-10/h1-6H. The molecule has 0 aliphatic rings. The van der Waals surface area contributed by atoms with Gasteiger partial charge in [0.25, 0.3) is 0 Å². The van der Waals surface area contributed by atoms with Crippen LogP contribution in [0.1, 0.15) is 0 Å². The van der Waals surface area contributed by atoms with E-state index in [0.717, 1.165) is 15.9 Å². The Balaban J connectivity index is 2.55. The van der Waals surface area contributed by atoms with Gasteiger partial charge < -0.3 is 0 Å². The first kappa shape index (κ1) is 9.62. The van der Waals surface area contributed by atoms with E-state index >= 15 is 0 Å². The van der Waals surface area contributed by atoms with Gasteiger partial charge in [0, 0.05) is 18.0 Å². The molecule has 2 heterocycles. The van der Waals surface area contributed by atoms with Gasteiger partial charge in [-0.2, -0.15) is 0 Å². The van der Waals surface area contributed by atoms with Crippen molar-refractivity contribution >= 4 is 27.5 Å². The first-order valence-corrected chi connectivity index (χ1v) is 5.17. The Kier molecular flexibility index (Phi) is 2.79. The fraction of sp³-hybridized carbons (Fsp3) is 0. The molecule has 0 spiro atoms. The number of aromatic nitrogens is 2. The van der Waals surface area contributed by atoms with Crippen LogP contribution in [0.4, 0.5) is 0 Å².